The van der Waals surface area contributed by atoms with Gasteiger partial charge in [0.25, 0.3) is 0 Å². The van der Waals surface area contributed by atoms with Gasteiger partial charge in [0, 0.05) is 26.3 Å². The zero-order valence-electron chi connectivity index (χ0n) is 10.6. The smallest absolute Gasteiger partial charge is 0.241 e. The number of anilines is 1. The number of nitrogens with zero attached hydrogens (tertiary/aromatic N) is 2. The van der Waals surface area contributed by atoms with E-state index in [2.05, 4.69) is 4.90 Å². The second-order valence-corrected chi connectivity index (χ2v) is 4.19. The Morgan fingerprint density at radius 2 is 1.88 bits per heavy atom. The van der Waals surface area contributed by atoms with Gasteiger partial charge < -0.3 is 15.5 Å². The van der Waals surface area contributed by atoms with E-state index >= 15 is 0 Å². The lowest BCUT2D eigenvalue weighted by molar-refractivity contribution is -0.127. The molecule has 4 heteroatoms. The first-order valence-electron chi connectivity index (χ1n) is 5.85. The summed E-state index contributed by atoms with van der Waals surface area (Å²) in [5, 5.41) is 0. The fourth-order valence-electron chi connectivity index (χ4n) is 1.53. The van der Waals surface area contributed by atoms with Crippen molar-refractivity contribution in [1.29, 1.82) is 0 Å². The van der Waals surface area contributed by atoms with Gasteiger partial charge in [0.05, 0.1) is 6.54 Å². The third-order valence-electron chi connectivity index (χ3n) is 2.58. The zero-order valence-corrected chi connectivity index (χ0v) is 10.6. The summed E-state index contributed by atoms with van der Waals surface area (Å²) >= 11 is 0. The topological polar surface area (TPSA) is 49.6 Å². The maximum absolute atomic E-state index is 11.7. The molecular formula is C13H21N3O. The first-order chi connectivity index (χ1) is 8.15. The van der Waals surface area contributed by atoms with Gasteiger partial charge in [-0.3, -0.25) is 4.79 Å². The van der Waals surface area contributed by atoms with Crippen molar-refractivity contribution < 1.29 is 4.79 Å². The minimum atomic E-state index is 0.103. The third kappa shape index (κ3) is 4.44. The van der Waals surface area contributed by atoms with Crippen LogP contribution in [-0.2, 0) is 4.79 Å². The number of benzene rings is 1. The van der Waals surface area contributed by atoms with E-state index in [1.54, 1.807) is 19.0 Å². The summed E-state index contributed by atoms with van der Waals surface area (Å²) in [7, 11) is 3.54. The minimum Gasteiger partial charge on any atom is -0.362 e. The molecule has 0 aliphatic rings. The molecule has 2 N–H and O–H groups in total. The standard InChI is InChI=1S/C13H21N3O/c1-15(2)13(17)11-16(10-6-9-14)12-7-4-3-5-8-12/h3-5,7-8H,6,9-11,14H2,1-2H3. The number of carbonyl (C=O) groups is 1. The normalized spacial score (nSPS) is 10.1. The van der Waals surface area contributed by atoms with Crippen molar-refractivity contribution in [2.75, 3.05) is 38.6 Å². The molecule has 0 saturated carbocycles. The van der Waals surface area contributed by atoms with Crippen LogP contribution < -0.4 is 10.6 Å². The molecular weight excluding hydrogens is 214 g/mol. The molecule has 1 rings (SSSR count). The number of carbonyl (C=O) groups excluding carboxylic acids is 1. The van der Waals surface area contributed by atoms with E-state index < -0.39 is 0 Å². The Kier molecular flexibility index (Phi) is 5.49. The fourth-order valence-corrected chi connectivity index (χ4v) is 1.53. The highest BCUT2D eigenvalue weighted by Gasteiger charge is 2.12. The minimum absolute atomic E-state index is 0.103. The summed E-state index contributed by atoms with van der Waals surface area (Å²) in [6.45, 7) is 1.84. The van der Waals surface area contributed by atoms with E-state index in [0.717, 1.165) is 18.7 Å². The van der Waals surface area contributed by atoms with E-state index in [-0.39, 0.29) is 5.91 Å². The molecule has 0 saturated heterocycles. The highest BCUT2D eigenvalue weighted by atomic mass is 16.2. The van der Waals surface area contributed by atoms with Gasteiger partial charge in [-0.25, -0.2) is 0 Å². The molecule has 0 atom stereocenters. The van der Waals surface area contributed by atoms with Gasteiger partial charge in [-0.1, -0.05) is 18.2 Å². The van der Waals surface area contributed by atoms with Crippen LogP contribution >= 0.6 is 0 Å². The van der Waals surface area contributed by atoms with Crippen molar-refractivity contribution in [3.05, 3.63) is 30.3 Å². The molecule has 17 heavy (non-hydrogen) atoms. The zero-order chi connectivity index (χ0) is 12.7. The molecule has 0 aromatic heterocycles. The Morgan fingerprint density at radius 3 is 2.41 bits per heavy atom. The molecule has 0 aliphatic heterocycles. The van der Waals surface area contributed by atoms with Gasteiger partial charge in [-0.2, -0.15) is 0 Å². The fraction of sp³-hybridized carbons (Fsp3) is 0.462. The van der Waals surface area contributed by atoms with Gasteiger partial charge in [0.2, 0.25) is 5.91 Å². The Hall–Kier alpha value is -1.55. The molecule has 1 aromatic rings. The van der Waals surface area contributed by atoms with Crippen molar-refractivity contribution in [2.24, 2.45) is 5.73 Å². The Labute approximate surface area is 103 Å². The van der Waals surface area contributed by atoms with Gasteiger partial charge in [-0.15, -0.1) is 0 Å². The Morgan fingerprint density at radius 1 is 1.24 bits per heavy atom. The Bertz CT molecular complexity index is 338. The number of para-hydroxylation sites is 1. The number of rotatable bonds is 6. The van der Waals surface area contributed by atoms with Crippen LogP contribution in [0.1, 0.15) is 6.42 Å². The first-order valence-corrected chi connectivity index (χ1v) is 5.85. The quantitative estimate of drug-likeness (QED) is 0.798. The van der Waals surface area contributed by atoms with E-state index in [1.165, 1.54) is 0 Å². The molecule has 1 amide bonds. The van der Waals surface area contributed by atoms with E-state index in [0.29, 0.717) is 13.1 Å². The van der Waals surface area contributed by atoms with Crippen LogP contribution in [-0.4, -0.2) is 44.5 Å². The van der Waals surface area contributed by atoms with Crippen LogP contribution in [0.3, 0.4) is 0 Å². The molecule has 0 fully saturated rings. The largest absolute Gasteiger partial charge is 0.362 e. The lowest BCUT2D eigenvalue weighted by Crippen LogP contribution is -2.37. The summed E-state index contributed by atoms with van der Waals surface area (Å²) in [4.78, 5) is 15.4. The number of nitrogens with two attached hydrogens (primary N) is 1. The van der Waals surface area contributed by atoms with Crippen LogP contribution in [0.5, 0.6) is 0 Å². The summed E-state index contributed by atoms with van der Waals surface area (Å²) < 4.78 is 0. The average Bonchev–Trinajstić information content (AvgIpc) is 2.35. The first kappa shape index (κ1) is 13.5. The highest BCUT2D eigenvalue weighted by molar-refractivity contribution is 5.81. The maximum atomic E-state index is 11.7. The van der Waals surface area contributed by atoms with Crippen molar-refractivity contribution in [2.45, 2.75) is 6.42 Å². The van der Waals surface area contributed by atoms with Crippen LogP contribution in [0.15, 0.2) is 30.3 Å². The van der Waals surface area contributed by atoms with Crippen molar-refractivity contribution in [1.82, 2.24) is 4.90 Å². The number of hydrogen-bond acceptors (Lipinski definition) is 3. The number of amides is 1. The second kappa shape index (κ2) is 6.91. The maximum Gasteiger partial charge on any atom is 0.241 e. The predicted octanol–water partition coefficient (Wildman–Crippen LogP) is 0.930. The molecule has 0 aliphatic carbocycles. The summed E-state index contributed by atoms with van der Waals surface area (Å²) in [6, 6.07) is 9.95. The lowest BCUT2D eigenvalue weighted by Gasteiger charge is -2.25. The van der Waals surface area contributed by atoms with Gasteiger partial charge >= 0.3 is 0 Å². The number of hydrogen-bond donors (Lipinski definition) is 1. The monoisotopic (exact) mass is 235 g/mol. The lowest BCUT2D eigenvalue weighted by atomic mass is 10.2. The summed E-state index contributed by atoms with van der Waals surface area (Å²) in [6.07, 6.45) is 0.885. The van der Waals surface area contributed by atoms with Gasteiger partial charge in [-0.05, 0) is 25.1 Å². The summed E-state index contributed by atoms with van der Waals surface area (Å²) in [5.41, 5.74) is 6.59. The van der Waals surface area contributed by atoms with Gasteiger partial charge in [0.15, 0.2) is 0 Å². The molecule has 1 aromatic carbocycles. The van der Waals surface area contributed by atoms with Crippen LogP contribution in [0, 0.1) is 0 Å². The van der Waals surface area contributed by atoms with Crippen molar-refractivity contribution in [3.63, 3.8) is 0 Å². The molecule has 0 bridgehead atoms. The van der Waals surface area contributed by atoms with Crippen molar-refractivity contribution >= 4 is 11.6 Å². The molecule has 4 nitrogen and oxygen atoms in total. The molecule has 0 unspecified atom stereocenters. The van der Waals surface area contributed by atoms with E-state index in [9.17, 15) is 4.79 Å². The predicted molar refractivity (Wildman–Crippen MR) is 71.0 cm³/mol. The average molecular weight is 235 g/mol. The molecule has 0 spiro atoms. The molecule has 94 valence electrons. The highest BCUT2D eigenvalue weighted by Crippen LogP contribution is 2.13. The SMILES string of the molecule is CN(C)C(=O)CN(CCCN)c1ccccc1. The van der Waals surface area contributed by atoms with Crippen LogP contribution in [0.4, 0.5) is 5.69 Å². The number of likely N-dealkylation sites (N-methyl/N-ethyl adjacent to an activating group) is 1. The third-order valence-corrected chi connectivity index (χ3v) is 2.58. The summed E-state index contributed by atoms with van der Waals surface area (Å²) in [5.74, 6) is 0.103. The van der Waals surface area contributed by atoms with Gasteiger partial charge in [0.1, 0.15) is 0 Å². The van der Waals surface area contributed by atoms with Crippen LogP contribution in [0.25, 0.3) is 0 Å². The van der Waals surface area contributed by atoms with Crippen LogP contribution in [0.2, 0.25) is 0 Å². The second-order valence-electron chi connectivity index (χ2n) is 4.19. The van der Waals surface area contributed by atoms with E-state index in [1.807, 2.05) is 30.3 Å². The van der Waals surface area contributed by atoms with Crippen molar-refractivity contribution in [3.8, 4) is 0 Å². The molecule has 0 heterocycles. The Balaban J connectivity index is 2.70. The molecule has 0 radical (unpaired) electrons. The van der Waals surface area contributed by atoms with E-state index in [4.69, 9.17) is 5.73 Å².